The Kier molecular flexibility index (Phi) is 1.90. The van der Waals surface area contributed by atoms with E-state index in [0.717, 1.165) is 0 Å². The second kappa shape index (κ2) is 2.87. The first-order valence-corrected chi connectivity index (χ1v) is 4.55. The maximum absolute atomic E-state index is 12.9. The molecule has 0 saturated heterocycles. The van der Waals surface area contributed by atoms with Gasteiger partial charge in [0, 0.05) is 7.05 Å². The Hall–Kier alpha value is -1.26. The van der Waals surface area contributed by atoms with Crippen LogP contribution in [0.3, 0.4) is 0 Å². The zero-order chi connectivity index (χ0) is 10.3. The first-order valence-electron chi connectivity index (χ1n) is 4.55. The van der Waals surface area contributed by atoms with Crippen molar-refractivity contribution in [3.8, 4) is 0 Å². The molecule has 1 aromatic heterocycles. The number of hydrogen-bond acceptors (Lipinski definition) is 3. The van der Waals surface area contributed by atoms with Crippen LogP contribution in [-0.4, -0.2) is 26.9 Å². The molecule has 0 amide bonds. The number of alkyl halides is 1. The summed E-state index contributed by atoms with van der Waals surface area (Å²) >= 11 is 0. The van der Waals surface area contributed by atoms with Gasteiger partial charge in [-0.2, -0.15) is 15.0 Å². The molecule has 1 aromatic rings. The highest BCUT2D eigenvalue weighted by atomic mass is 19.1. The van der Waals surface area contributed by atoms with Gasteiger partial charge in [-0.25, -0.2) is 4.39 Å². The molecule has 1 aliphatic carbocycles. The summed E-state index contributed by atoms with van der Waals surface area (Å²) in [5.74, 6) is -0.0782. The van der Waals surface area contributed by atoms with E-state index in [0.29, 0.717) is 12.1 Å². The van der Waals surface area contributed by atoms with E-state index < -0.39 is 11.6 Å². The van der Waals surface area contributed by atoms with Gasteiger partial charge < -0.3 is 0 Å². The number of carbonyl (C=O) groups is 1. The molecule has 2 atom stereocenters. The number of ketones is 1. The van der Waals surface area contributed by atoms with Crippen LogP contribution in [0.4, 0.5) is 4.39 Å². The van der Waals surface area contributed by atoms with Crippen molar-refractivity contribution in [3.63, 3.8) is 0 Å². The predicted molar refractivity (Wildman–Crippen MR) is 47.3 cm³/mol. The molecule has 0 bridgehead atoms. The van der Waals surface area contributed by atoms with E-state index in [4.69, 9.17) is 0 Å². The molecule has 2 rings (SSSR count). The van der Waals surface area contributed by atoms with E-state index in [2.05, 4.69) is 10.2 Å². The van der Waals surface area contributed by atoms with Gasteiger partial charge >= 0.3 is 0 Å². The maximum Gasteiger partial charge on any atom is 0.147 e. The zero-order valence-electron chi connectivity index (χ0n) is 8.20. The first-order chi connectivity index (χ1) is 6.52. The van der Waals surface area contributed by atoms with Crippen molar-refractivity contribution in [1.82, 2.24) is 15.0 Å². The highest BCUT2D eigenvalue weighted by Crippen LogP contribution is 2.49. The Labute approximate surface area is 81.1 Å². The summed E-state index contributed by atoms with van der Waals surface area (Å²) in [6.45, 7) is 1.66. The molecule has 0 spiro atoms. The Bertz CT molecular complexity index is 376. The van der Waals surface area contributed by atoms with Crippen LogP contribution in [0.15, 0.2) is 6.20 Å². The molecule has 2 unspecified atom stereocenters. The molecule has 1 heterocycles. The Morgan fingerprint density at radius 3 is 2.93 bits per heavy atom. The second-order valence-electron chi connectivity index (χ2n) is 4.01. The number of aromatic nitrogens is 3. The third kappa shape index (κ3) is 1.42. The molecule has 5 heteroatoms. The lowest BCUT2D eigenvalue weighted by Crippen LogP contribution is -2.17. The molecule has 0 radical (unpaired) electrons. The summed E-state index contributed by atoms with van der Waals surface area (Å²) in [6, 6.07) is 0. The number of nitrogens with zero attached hydrogens (tertiary/aromatic N) is 3. The van der Waals surface area contributed by atoms with E-state index >= 15 is 0 Å². The molecule has 1 fully saturated rings. The summed E-state index contributed by atoms with van der Waals surface area (Å²) in [6.07, 6.45) is 1.11. The topological polar surface area (TPSA) is 47.8 Å². The van der Waals surface area contributed by atoms with Crippen LogP contribution in [0.1, 0.15) is 19.0 Å². The van der Waals surface area contributed by atoms with Crippen LogP contribution < -0.4 is 0 Å². The molecular formula is C9H12FN3O. The number of Topliss-reactive ketones (excluding diaryl/α,β-unsaturated/α-hetero) is 1. The van der Waals surface area contributed by atoms with Crippen LogP contribution in [0.25, 0.3) is 0 Å². The largest absolute Gasteiger partial charge is 0.299 e. The smallest absolute Gasteiger partial charge is 0.147 e. The minimum absolute atomic E-state index is 0.0782. The number of aryl methyl sites for hydroxylation is 1. The Balaban J connectivity index is 2.02. The third-order valence-electron chi connectivity index (χ3n) is 2.76. The average Bonchev–Trinajstić information content (AvgIpc) is 2.56. The lowest BCUT2D eigenvalue weighted by atomic mass is 10.00. The third-order valence-corrected chi connectivity index (χ3v) is 2.76. The minimum atomic E-state index is -0.966. The monoisotopic (exact) mass is 197 g/mol. The van der Waals surface area contributed by atoms with Crippen LogP contribution in [0, 0.1) is 5.41 Å². The van der Waals surface area contributed by atoms with E-state index in [-0.39, 0.29) is 12.2 Å². The predicted octanol–water partition coefficient (Wildman–Crippen LogP) is 0.675. The molecule has 0 aliphatic heterocycles. The van der Waals surface area contributed by atoms with E-state index in [1.54, 1.807) is 14.0 Å². The molecular weight excluding hydrogens is 185 g/mol. The quantitative estimate of drug-likeness (QED) is 0.715. The van der Waals surface area contributed by atoms with Crippen molar-refractivity contribution >= 4 is 5.78 Å². The maximum atomic E-state index is 12.9. The lowest BCUT2D eigenvalue weighted by molar-refractivity contribution is -0.123. The van der Waals surface area contributed by atoms with Crippen LogP contribution in [0.2, 0.25) is 0 Å². The van der Waals surface area contributed by atoms with Crippen molar-refractivity contribution in [3.05, 3.63) is 11.9 Å². The Morgan fingerprint density at radius 2 is 2.50 bits per heavy atom. The van der Waals surface area contributed by atoms with Gasteiger partial charge in [-0.05, 0) is 13.3 Å². The van der Waals surface area contributed by atoms with Crippen molar-refractivity contribution < 1.29 is 9.18 Å². The van der Waals surface area contributed by atoms with Gasteiger partial charge in [0.05, 0.1) is 23.7 Å². The number of hydrogen-bond donors (Lipinski definition) is 0. The van der Waals surface area contributed by atoms with E-state index in [1.807, 2.05) is 0 Å². The number of carbonyl (C=O) groups excluding carboxylic acids is 1. The fourth-order valence-electron chi connectivity index (χ4n) is 1.44. The number of rotatable bonds is 3. The SMILES string of the molecule is Cn1ncc(CC(=O)C2(C)CC2F)n1. The van der Waals surface area contributed by atoms with Gasteiger partial charge in [0.15, 0.2) is 0 Å². The molecule has 4 nitrogen and oxygen atoms in total. The van der Waals surface area contributed by atoms with Crippen molar-refractivity contribution in [2.24, 2.45) is 12.5 Å². The molecule has 1 aliphatic rings. The van der Waals surface area contributed by atoms with Gasteiger partial charge in [-0.1, -0.05) is 0 Å². The van der Waals surface area contributed by atoms with Gasteiger partial charge in [-0.3, -0.25) is 4.79 Å². The molecule has 1 saturated carbocycles. The summed E-state index contributed by atoms with van der Waals surface area (Å²) < 4.78 is 12.9. The second-order valence-corrected chi connectivity index (χ2v) is 4.01. The van der Waals surface area contributed by atoms with Crippen LogP contribution >= 0.6 is 0 Å². The summed E-state index contributed by atoms with van der Waals surface area (Å²) in [5, 5.41) is 7.83. The fraction of sp³-hybridized carbons (Fsp3) is 0.667. The highest BCUT2D eigenvalue weighted by Gasteiger charge is 2.56. The summed E-state index contributed by atoms with van der Waals surface area (Å²) in [4.78, 5) is 13.0. The number of halogens is 1. The van der Waals surface area contributed by atoms with Gasteiger partial charge in [0.25, 0.3) is 0 Å². The summed E-state index contributed by atoms with van der Waals surface area (Å²) in [5.41, 5.74) is -0.143. The van der Waals surface area contributed by atoms with Crippen LogP contribution in [-0.2, 0) is 18.3 Å². The van der Waals surface area contributed by atoms with Gasteiger partial charge in [0.2, 0.25) is 0 Å². The Morgan fingerprint density at radius 1 is 1.86 bits per heavy atom. The standard InChI is InChI=1S/C9H12FN3O/c1-9(4-7(9)10)8(14)3-6-5-11-13(2)12-6/h5,7H,3-4H2,1-2H3. The highest BCUT2D eigenvalue weighted by molar-refractivity contribution is 5.89. The lowest BCUT2D eigenvalue weighted by Gasteiger charge is -2.04. The fourth-order valence-corrected chi connectivity index (χ4v) is 1.44. The van der Waals surface area contributed by atoms with Gasteiger partial charge in [0.1, 0.15) is 12.0 Å². The molecule has 0 aromatic carbocycles. The zero-order valence-corrected chi connectivity index (χ0v) is 8.20. The van der Waals surface area contributed by atoms with Crippen LogP contribution in [0.5, 0.6) is 0 Å². The van der Waals surface area contributed by atoms with Crippen molar-refractivity contribution in [2.75, 3.05) is 0 Å². The van der Waals surface area contributed by atoms with Crippen molar-refractivity contribution in [1.29, 1.82) is 0 Å². The first kappa shape index (κ1) is 9.30. The molecule has 14 heavy (non-hydrogen) atoms. The minimum Gasteiger partial charge on any atom is -0.299 e. The summed E-state index contributed by atoms with van der Waals surface area (Å²) in [7, 11) is 1.69. The average molecular weight is 197 g/mol. The van der Waals surface area contributed by atoms with Crippen molar-refractivity contribution in [2.45, 2.75) is 25.9 Å². The van der Waals surface area contributed by atoms with Gasteiger partial charge in [-0.15, -0.1) is 0 Å². The molecule has 76 valence electrons. The van der Waals surface area contributed by atoms with E-state index in [9.17, 15) is 9.18 Å². The molecule has 0 N–H and O–H groups in total. The normalized spacial score (nSPS) is 30.4. The van der Waals surface area contributed by atoms with E-state index in [1.165, 1.54) is 11.0 Å².